The molecule has 3 aromatic rings. The third kappa shape index (κ3) is 4.65. The van der Waals surface area contributed by atoms with Gasteiger partial charge in [0, 0.05) is 47.0 Å². The molecule has 0 saturated carbocycles. The zero-order valence-electron chi connectivity index (χ0n) is 17.5. The van der Waals surface area contributed by atoms with Crippen LogP contribution in [0.2, 0.25) is 0 Å². The number of nitrogen functional groups attached to an aromatic ring is 1. The summed E-state index contributed by atoms with van der Waals surface area (Å²) in [5.41, 5.74) is 9.17. The second-order valence-corrected chi connectivity index (χ2v) is 8.93. The first-order chi connectivity index (χ1) is 15.1. The van der Waals surface area contributed by atoms with Crippen molar-refractivity contribution in [3.05, 3.63) is 52.7 Å². The fourth-order valence-corrected chi connectivity index (χ4v) is 5.12. The highest BCUT2D eigenvalue weighted by Gasteiger charge is 2.24. The minimum absolute atomic E-state index is 0.108. The number of carbonyl (C=O) groups excluding carboxylic acids is 1. The summed E-state index contributed by atoms with van der Waals surface area (Å²) in [5, 5.41) is 11.8. The van der Waals surface area contributed by atoms with Gasteiger partial charge in [0.05, 0.1) is 5.39 Å². The van der Waals surface area contributed by atoms with Crippen molar-refractivity contribution in [2.24, 2.45) is 5.92 Å². The van der Waals surface area contributed by atoms with Gasteiger partial charge in [-0.15, -0.1) is 11.3 Å². The topological polar surface area (TPSA) is 108 Å². The number of benzene rings is 1. The van der Waals surface area contributed by atoms with Gasteiger partial charge in [-0.3, -0.25) is 4.90 Å². The van der Waals surface area contributed by atoms with E-state index in [-0.39, 0.29) is 5.92 Å². The summed E-state index contributed by atoms with van der Waals surface area (Å²) >= 11 is 1.65. The Labute approximate surface area is 185 Å². The van der Waals surface area contributed by atoms with Gasteiger partial charge in [-0.1, -0.05) is 12.2 Å². The third-order valence-electron chi connectivity index (χ3n) is 5.58. The number of aryl methyl sites for hydroxylation is 1. The summed E-state index contributed by atoms with van der Waals surface area (Å²) in [7, 11) is 2.11. The summed E-state index contributed by atoms with van der Waals surface area (Å²) in [5.74, 6) is 0.866. The number of carbonyl (C=O) groups is 1. The molecular formula is C23H26N6OS. The summed E-state index contributed by atoms with van der Waals surface area (Å²) < 4.78 is 0. The zero-order valence-corrected chi connectivity index (χ0v) is 18.3. The van der Waals surface area contributed by atoms with E-state index < -0.39 is 0 Å². The Morgan fingerprint density at radius 1 is 1.29 bits per heavy atom. The lowest BCUT2D eigenvalue weighted by Gasteiger charge is -2.17. The summed E-state index contributed by atoms with van der Waals surface area (Å²) in [6.07, 6.45) is 10.7. The van der Waals surface area contributed by atoms with E-state index in [9.17, 15) is 4.79 Å². The van der Waals surface area contributed by atoms with E-state index >= 15 is 0 Å². The molecule has 3 heterocycles. The summed E-state index contributed by atoms with van der Waals surface area (Å²) in [6.45, 7) is 2.28. The van der Waals surface area contributed by atoms with E-state index in [1.807, 2.05) is 12.1 Å². The molecule has 0 saturated heterocycles. The first-order valence-electron chi connectivity index (χ1n) is 10.3. The van der Waals surface area contributed by atoms with Crippen molar-refractivity contribution < 1.29 is 4.79 Å². The molecule has 2 aliphatic rings. The number of aromatic nitrogens is 2. The molecular weight excluding hydrogens is 408 g/mol. The van der Waals surface area contributed by atoms with Crippen molar-refractivity contribution in [2.45, 2.75) is 19.3 Å². The van der Waals surface area contributed by atoms with Gasteiger partial charge in [-0.05, 0) is 50.1 Å². The van der Waals surface area contributed by atoms with Crippen LogP contribution in [0.3, 0.4) is 0 Å². The van der Waals surface area contributed by atoms with Crippen molar-refractivity contribution >= 4 is 51.2 Å². The molecule has 4 N–H and O–H groups in total. The van der Waals surface area contributed by atoms with Gasteiger partial charge in [-0.2, -0.15) is 0 Å². The van der Waals surface area contributed by atoms with Gasteiger partial charge in [-0.25, -0.2) is 9.97 Å². The predicted octanol–water partition coefficient (Wildman–Crippen LogP) is 3.81. The molecule has 0 fully saturated rings. The molecule has 0 radical (unpaired) electrons. The lowest BCUT2D eigenvalue weighted by molar-refractivity contribution is -0.111. The molecule has 5 rings (SSSR count). The maximum absolute atomic E-state index is 11.1. The molecule has 0 amide bonds. The van der Waals surface area contributed by atoms with Crippen LogP contribution in [0.25, 0.3) is 10.2 Å². The number of rotatable bonds is 4. The maximum atomic E-state index is 11.1. The van der Waals surface area contributed by atoms with Gasteiger partial charge in [0.25, 0.3) is 0 Å². The molecule has 1 aliphatic heterocycles. The van der Waals surface area contributed by atoms with Crippen LogP contribution in [0.5, 0.6) is 0 Å². The highest BCUT2D eigenvalue weighted by molar-refractivity contribution is 7.19. The highest BCUT2D eigenvalue weighted by atomic mass is 32.1. The van der Waals surface area contributed by atoms with Crippen LogP contribution in [0.4, 0.5) is 17.2 Å². The second kappa shape index (κ2) is 9.36. The maximum Gasteiger partial charge on any atom is 0.142 e. The molecule has 1 aromatic carbocycles. The first-order valence-corrected chi connectivity index (χ1v) is 11.1. The zero-order chi connectivity index (χ0) is 21.8. The number of hydrogen-bond donors (Lipinski definition) is 3. The van der Waals surface area contributed by atoms with Crippen LogP contribution >= 0.6 is 11.3 Å². The average Bonchev–Trinajstić information content (AvgIpc) is 3.41. The van der Waals surface area contributed by atoms with Crippen molar-refractivity contribution in [3.8, 4) is 0 Å². The van der Waals surface area contributed by atoms with Gasteiger partial charge >= 0.3 is 0 Å². The fraction of sp³-hybridized carbons (Fsp3) is 0.304. The third-order valence-corrected chi connectivity index (χ3v) is 6.74. The smallest absolute Gasteiger partial charge is 0.142 e. The van der Waals surface area contributed by atoms with E-state index in [0.717, 1.165) is 60.4 Å². The standard InChI is InChI=1S/C18H17N5OS.C5H9N/c19-7-11-6-12(2-4-14(11)20)23-17-16-13-3-1-10(8-24)5-15(13)25-18(16)22-9-21-17;1-6-4-2-3-5-6/h2,4,6-10,19H,1,3,5,20H2,(H,21,22,23);2-3H,4-5H2,1H3. The number of nitrogens with two attached hydrogens (primary N) is 1. The number of aldehydes is 1. The Balaban J connectivity index is 0.000000334. The van der Waals surface area contributed by atoms with Crippen LogP contribution in [0, 0.1) is 11.3 Å². The van der Waals surface area contributed by atoms with Gasteiger partial charge in [0.1, 0.15) is 23.3 Å². The Kier molecular flexibility index (Phi) is 6.39. The molecule has 0 bridgehead atoms. The average molecular weight is 435 g/mol. The van der Waals surface area contributed by atoms with E-state index in [2.05, 4.69) is 39.4 Å². The lowest BCUT2D eigenvalue weighted by atomic mass is 9.89. The Hall–Kier alpha value is -3.10. The van der Waals surface area contributed by atoms with E-state index in [0.29, 0.717) is 11.3 Å². The minimum atomic E-state index is 0.108. The minimum Gasteiger partial charge on any atom is -0.398 e. The van der Waals surface area contributed by atoms with Crippen molar-refractivity contribution in [2.75, 3.05) is 31.2 Å². The Morgan fingerprint density at radius 2 is 2.10 bits per heavy atom. The molecule has 31 heavy (non-hydrogen) atoms. The number of anilines is 3. The number of hydrogen-bond acceptors (Lipinski definition) is 8. The second-order valence-electron chi connectivity index (χ2n) is 7.85. The van der Waals surface area contributed by atoms with E-state index in [1.165, 1.54) is 16.7 Å². The molecule has 1 aliphatic carbocycles. The molecule has 2 aromatic heterocycles. The number of fused-ring (bicyclic) bond motifs is 3. The number of nitrogens with zero attached hydrogens (tertiary/aromatic N) is 3. The molecule has 7 nitrogen and oxygen atoms in total. The lowest BCUT2D eigenvalue weighted by Crippen LogP contribution is -2.13. The van der Waals surface area contributed by atoms with Crippen LogP contribution < -0.4 is 11.1 Å². The number of nitrogens with one attached hydrogen (secondary N) is 2. The van der Waals surface area contributed by atoms with Gasteiger partial charge in [0.15, 0.2) is 0 Å². The number of thiophene rings is 1. The Morgan fingerprint density at radius 3 is 2.77 bits per heavy atom. The largest absolute Gasteiger partial charge is 0.398 e. The quantitative estimate of drug-likeness (QED) is 0.249. The van der Waals surface area contributed by atoms with Crippen molar-refractivity contribution in [3.63, 3.8) is 0 Å². The summed E-state index contributed by atoms with van der Waals surface area (Å²) in [4.78, 5) is 24.4. The van der Waals surface area contributed by atoms with Crippen LogP contribution in [-0.4, -0.2) is 47.5 Å². The van der Waals surface area contributed by atoms with Gasteiger partial charge < -0.3 is 21.3 Å². The summed E-state index contributed by atoms with van der Waals surface area (Å²) in [6, 6.07) is 5.48. The molecule has 1 atom stereocenters. The van der Waals surface area contributed by atoms with Crippen LogP contribution in [-0.2, 0) is 17.6 Å². The molecule has 0 spiro atoms. The highest BCUT2D eigenvalue weighted by Crippen LogP contribution is 2.40. The normalized spacial score (nSPS) is 17.6. The number of likely N-dealkylation sites (N-methyl/N-ethyl adjacent to an activating group) is 1. The van der Waals surface area contributed by atoms with E-state index in [4.69, 9.17) is 11.1 Å². The van der Waals surface area contributed by atoms with E-state index in [1.54, 1.807) is 23.7 Å². The first kappa shape index (κ1) is 21.1. The monoisotopic (exact) mass is 434 g/mol. The molecule has 8 heteroatoms. The van der Waals surface area contributed by atoms with Crippen molar-refractivity contribution in [1.29, 1.82) is 5.41 Å². The van der Waals surface area contributed by atoms with Crippen LogP contribution in [0.1, 0.15) is 22.4 Å². The SMILES string of the molecule is CN1CC=CC1.N=Cc1cc(Nc2ncnc3sc4c(c23)CCC(C=O)C4)ccc1N. The Bertz CT molecular complexity index is 1130. The van der Waals surface area contributed by atoms with Gasteiger partial charge in [0.2, 0.25) is 0 Å². The predicted molar refractivity (Wildman–Crippen MR) is 128 cm³/mol. The molecule has 160 valence electrons. The molecule has 1 unspecified atom stereocenters. The van der Waals surface area contributed by atoms with Crippen LogP contribution in [0.15, 0.2) is 36.7 Å². The van der Waals surface area contributed by atoms with Crippen molar-refractivity contribution in [1.82, 2.24) is 14.9 Å². The fourth-order valence-electron chi connectivity index (χ4n) is 3.84.